The normalized spacial score (nSPS) is 12.9. The molecule has 0 heterocycles. The molecule has 7 nitrogen and oxygen atoms in total. The van der Waals surface area contributed by atoms with Gasteiger partial charge in [0.05, 0.1) is 24.3 Å². The Balaban J connectivity index is 1.40. The molecule has 0 bridgehead atoms. The predicted octanol–water partition coefficient (Wildman–Crippen LogP) is 3.80. The maximum Gasteiger partial charge on any atom is 0.310 e. The number of ketones is 2. The average Bonchev–Trinajstić information content (AvgIpc) is 2.83. The van der Waals surface area contributed by atoms with Crippen molar-refractivity contribution < 1.29 is 28.7 Å². The second-order valence-electron chi connectivity index (χ2n) is 7.46. The summed E-state index contributed by atoms with van der Waals surface area (Å²) >= 11 is 0. The molecule has 1 aliphatic carbocycles. The van der Waals surface area contributed by atoms with Gasteiger partial charge in [0.1, 0.15) is 5.75 Å². The van der Waals surface area contributed by atoms with E-state index in [-0.39, 0.29) is 47.0 Å². The molecule has 0 aliphatic heterocycles. The van der Waals surface area contributed by atoms with Crippen LogP contribution in [0.25, 0.3) is 0 Å². The van der Waals surface area contributed by atoms with E-state index in [0.717, 1.165) is 0 Å². The summed E-state index contributed by atoms with van der Waals surface area (Å²) in [5.41, 5.74) is 1.16. The van der Waals surface area contributed by atoms with Gasteiger partial charge in [-0.05, 0) is 25.1 Å². The fraction of sp³-hybridized carbons (Fsp3) is 0.154. The molecule has 1 atom stereocenters. The van der Waals surface area contributed by atoms with Crippen molar-refractivity contribution in [1.82, 2.24) is 0 Å². The first-order chi connectivity index (χ1) is 16.0. The van der Waals surface area contributed by atoms with Crippen LogP contribution in [0, 0.1) is 0 Å². The number of amides is 1. The highest BCUT2D eigenvalue weighted by Gasteiger charge is 2.32. The van der Waals surface area contributed by atoms with Crippen LogP contribution in [0.4, 0.5) is 5.69 Å². The summed E-state index contributed by atoms with van der Waals surface area (Å²) in [6.45, 7) is 1.54. The molecule has 7 heteroatoms. The van der Waals surface area contributed by atoms with E-state index in [1.807, 2.05) is 18.2 Å². The van der Waals surface area contributed by atoms with Crippen molar-refractivity contribution in [2.45, 2.75) is 19.4 Å². The molecule has 4 rings (SSSR count). The van der Waals surface area contributed by atoms with Gasteiger partial charge in [0.25, 0.3) is 5.91 Å². The predicted molar refractivity (Wildman–Crippen MR) is 120 cm³/mol. The molecular formula is C26H21NO6. The molecule has 0 fully saturated rings. The maximum absolute atomic E-state index is 13.0. The van der Waals surface area contributed by atoms with Gasteiger partial charge in [0, 0.05) is 16.7 Å². The van der Waals surface area contributed by atoms with Crippen molar-refractivity contribution in [2.75, 3.05) is 11.9 Å². The Labute approximate surface area is 190 Å². The van der Waals surface area contributed by atoms with Gasteiger partial charge in [-0.15, -0.1) is 0 Å². The molecular weight excluding hydrogens is 422 g/mol. The molecule has 1 N–H and O–H groups in total. The van der Waals surface area contributed by atoms with Crippen LogP contribution < -0.4 is 10.1 Å². The highest BCUT2D eigenvalue weighted by atomic mass is 16.5. The zero-order valence-electron chi connectivity index (χ0n) is 17.9. The summed E-state index contributed by atoms with van der Waals surface area (Å²) in [4.78, 5) is 50.6. The van der Waals surface area contributed by atoms with Crippen molar-refractivity contribution in [1.29, 1.82) is 0 Å². The average molecular weight is 443 g/mol. The van der Waals surface area contributed by atoms with E-state index in [1.54, 1.807) is 48.5 Å². The summed E-state index contributed by atoms with van der Waals surface area (Å²) in [5, 5.41) is 2.62. The number of fused-ring (bicyclic) bond motifs is 2. The van der Waals surface area contributed by atoms with Crippen molar-refractivity contribution in [3.05, 3.63) is 95.1 Å². The van der Waals surface area contributed by atoms with Crippen molar-refractivity contribution in [3.63, 3.8) is 0 Å². The van der Waals surface area contributed by atoms with Crippen LogP contribution in [-0.4, -0.2) is 36.2 Å². The minimum absolute atomic E-state index is 0.0307. The number of esters is 1. The Kier molecular flexibility index (Phi) is 6.31. The van der Waals surface area contributed by atoms with Crippen LogP contribution in [0.3, 0.4) is 0 Å². The molecule has 0 radical (unpaired) electrons. The lowest BCUT2D eigenvalue weighted by molar-refractivity contribution is -0.153. The van der Waals surface area contributed by atoms with Crippen LogP contribution in [0.5, 0.6) is 5.75 Å². The number of nitrogens with one attached hydrogen (secondary N) is 1. The van der Waals surface area contributed by atoms with Gasteiger partial charge in [-0.1, -0.05) is 54.6 Å². The van der Waals surface area contributed by atoms with Crippen LogP contribution >= 0.6 is 0 Å². The van der Waals surface area contributed by atoms with Crippen LogP contribution in [0.15, 0.2) is 72.8 Å². The van der Waals surface area contributed by atoms with Crippen molar-refractivity contribution >= 4 is 29.1 Å². The number of anilines is 1. The largest absolute Gasteiger partial charge is 0.493 e. The van der Waals surface area contributed by atoms with E-state index in [2.05, 4.69) is 5.32 Å². The summed E-state index contributed by atoms with van der Waals surface area (Å²) in [5.74, 6) is -1.21. The summed E-state index contributed by atoms with van der Waals surface area (Å²) < 4.78 is 10.6. The summed E-state index contributed by atoms with van der Waals surface area (Å²) in [6.07, 6.45) is -1.14. The highest BCUT2D eigenvalue weighted by molar-refractivity contribution is 6.30. The van der Waals surface area contributed by atoms with E-state index in [4.69, 9.17) is 9.47 Å². The smallest absolute Gasteiger partial charge is 0.310 e. The maximum atomic E-state index is 13.0. The monoisotopic (exact) mass is 443 g/mol. The van der Waals surface area contributed by atoms with E-state index < -0.39 is 18.0 Å². The third-order valence-corrected chi connectivity index (χ3v) is 5.21. The molecule has 1 amide bonds. The second-order valence-corrected chi connectivity index (χ2v) is 7.46. The van der Waals surface area contributed by atoms with Gasteiger partial charge in [-0.3, -0.25) is 19.2 Å². The molecule has 33 heavy (non-hydrogen) atoms. The Morgan fingerprint density at radius 1 is 0.818 bits per heavy atom. The number of hydrogen-bond donors (Lipinski definition) is 1. The van der Waals surface area contributed by atoms with Gasteiger partial charge >= 0.3 is 5.97 Å². The number of para-hydroxylation sites is 1. The minimum Gasteiger partial charge on any atom is -0.493 e. The first-order valence-corrected chi connectivity index (χ1v) is 10.5. The number of carbonyl (C=O) groups is 4. The number of rotatable bonds is 7. The Bertz CT molecular complexity index is 1230. The number of benzene rings is 3. The second kappa shape index (κ2) is 9.48. The van der Waals surface area contributed by atoms with Gasteiger partial charge in [0.2, 0.25) is 0 Å². The fourth-order valence-corrected chi connectivity index (χ4v) is 3.56. The Morgan fingerprint density at radius 2 is 1.45 bits per heavy atom. The number of hydrogen-bond acceptors (Lipinski definition) is 6. The minimum atomic E-state index is -1.10. The number of carbonyl (C=O) groups excluding carboxylic acids is 4. The fourth-order valence-electron chi connectivity index (χ4n) is 3.56. The first-order valence-electron chi connectivity index (χ1n) is 10.5. The third-order valence-electron chi connectivity index (χ3n) is 5.21. The molecule has 0 saturated heterocycles. The van der Waals surface area contributed by atoms with E-state index in [1.165, 1.54) is 13.0 Å². The van der Waals surface area contributed by atoms with E-state index in [9.17, 15) is 19.2 Å². The van der Waals surface area contributed by atoms with Crippen LogP contribution in [0.1, 0.15) is 45.2 Å². The summed E-state index contributed by atoms with van der Waals surface area (Å²) in [6, 6.07) is 20.3. The lowest BCUT2D eigenvalue weighted by Gasteiger charge is -2.21. The van der Waals surface area contributed by atoms with Crippen molar-refractivity contribution in [3.8, 4) is 5.75 Å². The molecule has 3 aromatic carbocycles. The zero-order valence-corrected chi connectivity index (χ0v) is 17.9. The zero-order chi connectivity index (χ0) is 23.4. The topological polar surface area (TPSA) is 98.8 Å². The first kappa shape index (κ1) is 22.0. The van der Waals surface area contributed by atoms with Gasteiger partial charge < -0.3 is 14.8 Å². The van der Waals surface area contributed by atoms with Gasteiger partial charge in [-0.2, -0.15) is 0 Å². The van der Waals surface area contributed by atoms with Crippen LogP contribution in [-0.2, 0) is 14.3 Å². The number of ether oxygens (including phenoxy) is 2. The Hall–Kier alpha value is -4.26. The van der Waals surface area contributed by atoms with Crippen LogP contribution in [0.2, 0.25) is 0 Å². The standard InChI is InChI=1S/C26H21NO6/c1-16(33-22(28)14-15-32-17-8-3-2-4-9-17)26(31)27-21-13-7-12-20-23(21)25(30)19-11-6-5-10-18(19)24(20)29/h2-13,16H,14-15H2,1H3,(H,27,31). The molecule has 166 valence electrons. The molecule has 1 aliphatic rings. The van der Waals surface area contributed by atoms with E-state index in [0.29, 0.717) is 11.3 Å². The van der Waals surface area contributed by atoms with Crippen molar-refractivity contribution in [2.24, 2.45) is 0 Å². The molecule has 0 spiro atoms. The highest BCUT2D eigenvalue weighted by Crippen LogP contribution is 2.32. The lowest BCUT2D eigenvalue weighted by atomic mass is 9.83. The van der Waals surface area contributed by atoms with Gasteiger partial charge in [-0.25, -0.2) is 0 Å². The summed E-state index contributed by atoms with van der Waals surface area (Å²) in [7, 11) is 0. The molecule has 3 aromatic rings. The molecule has 0 aromatic heterocycles. The molecule has 1 unspecified atom stereocenters. The third kappa shape index (κ3) is 4.67. The molecule has 0 saturated carbocycles. The van der Waals surface area contributed by atoms with E-state index >= 15 is 0 Å². The Morgan fingerprint density at radius 3 is 2.18 bits per heavy atom. The lowest BCUT2D eigenvalue weighted by Crippen LogP contribution is -2.31. The van der Waals surface area contributed by atoms with Gasteiger partial charge in [0.15, 0.2) is 17.7 Å². The quantitative estimate of drug-likeness (QED) is 0.436. The SMILES string of the molecule is CC(OC(=O)CCOc1ccccc1)C(=O)Nc1cccc2c1C(=O)c1ccccc1C2=O.